The Balaban J connectivity index is 2.06. The van der Waals surface area contributed by atoms with Crippen molar-refractivity contribution >= 4 is 22.0 Å². The molecule has 1 aliphatic heterocycles. The molecule has 1 aromatic rings. The number of halogens is 1. The summed E-state index contributed by atoms with van der Waals surface area (Å²) in [4.78, 5) is 13.1. The monoisotopic (exact) mass is 283 g/mol. The predicted molar refractivity (Wildman–Crippen MR) is 65.5 cm³/mol. The van der Waals surface area contributed by atoms with Crippen molar-refractivity contribution in [3.8, 4) is 0 Å². The molecule has 1 amide bonds. The molecule has 0 bridgehead atoms. The summed E-state index contributed by atoms with van der Waals surface area (Å²) in [6, 6.07) is 8.26. The van der Waals surface area contributed by atoms with Gasteiger partial charge in [-0.15, -0.1) is 0 Å². The zero-order valence-corrected chi connectivity index (χ0v) is 10.7. The lowest BCUT2D eigenvalue weighted by molar-refractivity contribution is 0.132. The molecular weight excluding hydrogens is 270 g/mol. The number of benzene rings is 1. The van der Waals surface area contributed by atoms with Gasteiger partial charge in [-0.05, 0) is 24.1 Å². The van der Waals surface area contributed by atoms with E-state index in [1.54, 1.807) is 4.90 Å². The summed E-state index contributed by atoms with van der Waals surface area (Å²) in [6.45, 7) is 1.53. The van der Waals surface area contributed by atoms with Crippen LogP contribution in [0.4, 0.5) is 4.79 Å². The van der Waals surface area contributed by atoms with Gasteiger partial charge < -0.3 is 9.64 Å². The van der Waals surface area contributed by atoms with Gasteiger partial charge in [0.1, 0.15) is 0 Å². The SMILES string of the molecule is COC(=O)N1CCC(c2cccc(Br)c2)C1. The molecule has 0 aliphatic carbocycles. The highest BCUT2D eigenvalue weighted by molar-refractivity contribution is 9.10. The molecule has 0 aromatic heterocycles. The fraction of sp³-hybridized carbons (Fsp3) is 0.417. The first-order chi connectivity index (χ1) is 7.70. The summed E-state index contributed by atoms with van der Waals surface area (Å²) in [7, 11) is 1.43. The van der Waals surface area contributed by atoms with Gasteiger partial charge in [0.25, 0.3) is 0 Å². The van der Waals surface area contributed by atoms with Crippen LogP contribution in [0, 0.1) is 0 Å². The van der Waals surface area contributed by atoms with E-state index in [0.717, 1.165) is 24.0 Å². The van der Waals surface area contributed by atoms with Gasteiger partial charge in [0.15, 0.2) is 0 Å². The van der Waals surface area contributed by atoms with Crippen molar-refractivity contribution in [2.24, 2.45) is 0 Å². The quantitative estimate of drug-likeness (QED) is 0.793. The number of ether oxygens (including phenoxy) is 1. The third kappa shape index (κ3) is 2.38. The van der Waals surface area contributed by atoms with Crippen molar-refractivity contribution in [1.82, 2.24) is 4.90 Å². The lowest BCUT2D eigenvalue weighted by Gasteiger charge is -2.14. The summed E-state index contributed by atoms with van der Waals surface area (Å²) in [5.41, 5.74) is 1.28. The Morgan fingerprint density at radius 2 is 2.38 bits per heavy atom. The number of hydrogen-bond acceptors (Lipinski definition) is 2. The van der Waals surface area contributed by atoms with Gasteiger partial charge in [0.05, 0.1) is 7.11 Å². The van der Waals surface area contributed by atoms with E-state index in [4.69, 9.17) is 4.74 Å². The fourth-order valence-corrected chi connectivity index (χ4v) is 2.50. The number of carbonyl (C=O) groups is 1. The first-order valence-electron chi connectivity index (χ1n) is 5.29. The van der Waals surface area contributed by atoms with Crippen LogP contribution in [0.5, 0.6) is 0 Å². The lowest BCUT2D eigenvalue weighted by Crippen LogP contribution is -2.28. The standard InChI is InChI=1S/C12H14BrNO2/c1-16-12(15)14-6-5-10(8-14)9-3-2-4-11(13)7-9/h2-4,7,10H,5-6,8H2,1H3. The van der Waals surface area contributed by atoms with E-state index in [9.17, 15) is 4.79 Å². The van der Waals surface area contributed by atoms with Crippen LogP contribution in [-0.2, 0) is 4.74 Å². The molecule has 3 nitrogen and oxygen atoms in total. The second-order valence-corrected chi connectivity index (χ2v) is 4.87. The average molecular weight is 284 g/mol. The van der Waals surface area contributed by atoms with Gasteiger partial charge in [-0.3, -0.25) is 0 Å². The Bertz CT molecular complexity index is 394. The van der Waals surface area contributed by atoms with Crippen molar-refractivity contribution in [2.45, 2.75) is 12.3 Å². The number of amides is 1. The molecule has 2 rings (SSSR count). The Kier molecular flexibility index (Phi) is 3.49. The van der Waals surface area contributed by atoms with Crippen molar-refractivity contribution in [3.63, 3.8) is 0 Å². The van der Waals surface area contributed by atoms with Crippen LogP contribution in [0.25, 0.3) is 0 Å². The van der Waals surface area contributed by atoms with Crippen LogP contribution in [0.3, 0.4) is 0 Å². The molecule has 1 saturated heterocycles. The van der Waals surface area contributed by atoms with E-state index in [1.807, 2.05) is 12.1 Å². The van der Waals surface area contributed by atoms with Crippen LogP contribution >= 0.6 is 15.9 Å². The van der Waals surface area contributed by atoms with E-state index in [0.29, 0.717) is 5.92 Å². The molecule has 1 atom stereocenters. The summed E-state index contributed by atoms with van der Waals surface area (Å²) >= 11 is 3.46. The van der Waals surface area contributed by atoms with Crippen LogP contribution < -0.4 is 0 Å². The highest BCUT2D eigenvalue weighted by atomic mass is 79.9. The third-order valence-electron chi connectivity index (χ3n) is 2.94. The highest BCUT2D eigenvalue weighted by Crippen LogP contribution is 2.28. The lowest BCUT2D eigenvalue weighted by atomic mass is 9.99. The molecule has 86 valence electrons. The maximum atomic E-state index is 11.4. The summed E-state index contributed by atoms with van der Waals surface area (Å²) in [6.07, 6.45) is 0.781. The Morgan fingerprint density at radius 3 is 3.06 bits per heavy atom. The Labute approximate surface area is 104 Å². The number of likely N-dealkylation sites (tertiary alicyclic amines) is 1. The molecule has 0 radical (unpaired) electrons. The number of methoxy groups -OCH3 is 1. The number of hydrogen-bond donors (Lipinski definition) is 0. The van der Waals surface area contributed by atoms with Gasteiger partial charge in [-0.2, -0.15) is 0 Å². The number of nitrogens with zero attached hydrogens (tertiary/aromatic N) is 1. The zero-order chi connectivity index (χ0) is 11.5. The number of rotatable bonds is 1. The first kappa shape index (κ1) is 11.5. The van der Waals surface area contributed by atoms with E-state index < -0.39 is 0 Å². The summed E-state index contributed by atoms with van der Waals surface area (Å²) < 4.78 is 5.80. The Hall–Kier alpha value is -1.03. The number of carbonyl (C=O) groups excluding carboxylic acids is 1. The predicted octanol–water partition coefficient (Wildman–Crippen LogP) is 3.00. The third-order valence-corrected chi connectivity index (χ3v) is 3.43. The maximum absolute atomic E-state index is 11.4. The molecule has 0 N–H and O–H groups in total. The minimum absolute atomic E-state index is 0.225. The highest BCUT2D eigenvalue weighted by Gasteiger charge is 2.27. The molecule has 16 heavy (non-hydrogen) atoms. The molecule has 4 heteroatoms. The van der Waals surface area contributed by atoms with Gasteiger partial charge in [0, 0.05) is 23.5 Å². The molecular formula is C12H14BrNO2. The normalized spacial score (nSPS) is 19.9. The van der Waals surface area contributed by atoms with Crippen molar-refractivity contribution < 1.29 is 9.53 Å². The van der Waals surface area contributed by atoms with Crippen LogP contribution in [0.1, 0.15) is 17.9 Å². The molecule has 1 unspecified atom stereocenters. The van der Waals surface area contributed by atoms with Crippen LogP contribution in [0.15, 0.2) is 28.7 Å². The van der Waals surface area contributed by atoms with Crippen molar-refractivity contribution in [2.75, 3.05) is 20.2 Å². The van der Waals surface area contributed by atoms with E-state index >= 15 is 0 Å². The summed E-state index contributed by atoms with van der Waals surface area (Å²) in [5, 5.41) is 0. The molecule has 1 aliphatic rings. The van der Waals surface area contributed by atoms with Gasteiger partial charge >= 0.3 is 6.09 Å². The second kappa shape index (κ2) is 4.87. The smallest absolute Gasteiger partial charge is 0.409 e. The van der Waals surface area contributed by atoms with Crippen molar-refractivity contribution in [3.05, 3.63) is 34.3 Å². The maximum Gasteiger partial charge on any atom is 0.409 e. The van der Waals surface area contributed by atoms with Gasteiger partial charge in [-0.1, -0.05) is 28.1 Å². The molecule has 1 aromatic carbocycles. The Morgan fingerprint density at radius 1 is 1.56 bits per heavy atom. The minimum atomic E-state index is -0.225. The van der Waals surface area contributed by atoms with E-state index in [-0.39, 0.29) is 6.09 Å². The van der Waals surface area contributed by atoms with E-state index in [1.165, 1.54) is 12.7 Å². The fourth-order valence-electron chi connectivity index (χ4n) is 2.09. The van der Waals surface area contributed by atoms with Gasteiger partial charge in [-0.25, -0.2) is 4.79 Å². The van der Waals surface area contributed by atoms with Crippen LogP contribution in [0.2, 0.25) is 0 Å². The topological polar surface area (TPSA) is 29.5 Å². The molecule has 1 fully saturated rings. The van der Waals surface area contributed by atoms with E-state index in [2.05, 4.69) is 28.1 Å². The largest absolute Gasteiger partial charge is 0.453 e. The first-order valence-corrected chi connectivity index (χ1v) is 6.08. The zero-order valence-electron chi connectivity index (χ0n) is 9.15. The van der Waals surface area contributed by atoms with Crippen molar-refractivity contribution in [1.29, 1.82) is 0 Å². The minimum Gasteiger partial charge on any atom is -0.453 e. The molecule has 0 spiro atoms. The molecule has 0 saturated carbocycles. The molecule has 1 heterocycles. The van der Waals surface area contributed by atoms with Crippen LogP contribution in [-0.4, -0.2) is 31.2 Å². The summed E-state index contributed by atoms with van der Waals surface area (Å²) in [5.74, 6) is 0.427. The second-order valence-electron chi connectivity index (χ2n) is 3.96. The van der Waals surface area contributed by atoms with Gasteiger partial charge in [0.2, 0.25) is 0 Å². The average Bonchev–Trinajstić information content (AvgIpc) is 2.77.